The van der Waals surface area contributed by atoms with Gasteiger partial charge in [0, 0.05) is 6.61 Å². The van der Waals surface area contributed by atoms with Crippen molar-refractivity contribution in [3.8, 4) is 5.75 Å². The second-order valence-electron chi connectivity index (χ2n) is 3.54. The van der Waals surface area contributed by atoms with E-state index < -0.39 is 0 Å². The molecule has 0 amide bonds. The Morgan fingerprint density at radius 1 is 1.25 bits per heavy atom. The molecule has 0 radical (unpaired) electrons. The summed E-state index contributed by atoms with van der Waals surface area (Å²) in [5.41, 5.74) is 6.47. The van der Waals surface area contributed by atoms with Gasteiger partial charge >= 0.3 is 0 Å². The van der Waals surface area contributed by atoms with Gasteiger partial charge in [-0.2, -0.15) is 0 Å². The second-order valence-corrected chi connectivity index (χ2v) is 3.94. The lowest BCUT2D eigenvalue weighted by atomic mass is 10.2. The van der Waals surface area contributed by atoms with Gasteiger partial charge in [-0.25, -0.2) is 0 Å². The summed E-state index contributed by atoms with van der Waals surface area (Å²) in [5.74, 6) is 0.712. The molecule has 0 aliphatic heterocycles. The normalized spacial score (nSPS) is 10.4. The van der Waals surface area contributed by atoms with E-state index in [0.717, 1.165) is 12.0 Å². The highest BCUT2D eigenvalue weighted by atomic mass is 35.5. The van der Waals surface area contributed by atoms with E-state index in [1.54, 1.807) is 0 Å². The van der Waals surface area contributed by atoms with E-state index in [-0.39, 0.29) is 0 Å². The van der Waals surface area contributed by atoms with Gasteiger partial charge in [-0.15, -0.1) is 0 Å². The third-order valence-electron chi connectivity index (χ3n) is 2.06. The third kappa shape index (κ3) is 4.84. The maximum Gasteiger partial charge on any atom is 0.138 e. The summed E-state index contributed by atoms with van der Waals surface area (Å²) in [6, 6.07) is 5.71. The molecule has 1 aromatic carbocycles. The fourth-order valence-corrected chi connectivity index (χ4v) is 1.39. The lowest BCUT2D eigenvalue weighted by molar-refractivity contribution is 0.0995. The van der Waals surface area contributed by atoms with Crippen LogP contribution in [0.25, 0.3) is 0 Å². The maximum atomic E-state index is 5.98. The molecule has 3 nitrogen and oxygen atoms in total. The molecule has 0 spiro atoms. The fraction of sp³-hybridized carbons (Fsp3) is 0.500. The largest absolute Gasteiger partial charge is 0.490 e. The van der Waals surface area contributed by atoms with Crippen LogP contribution in [-0.2, 0) is 4.74 Å². The van der Waals surface area contributed by atoms with Gasteiger partial charge in [-0.3, -0.25) is 0 Å². The van der Waals surface area contributed by atoms with Gasteiger partial charge in [-0.1, -0.05) is 17.7 Å². The predicted octanol–water partition coefficient (Wildman–Crippen LogP) is 2.39. The van der Waals surface area contributed by atoms with Gasteiger partial charge in [0.1, 0.15) is 12.4 Å². The summed E-state index contributed by atoms with van der Waals surface area (Å²) in [5, 5.41) is 0.632. The zero-order chi connectivity index (χ0) is 11.8. The molecule has 0 saturated heterocycles. The standard InChI is InChI=1S/C12H18ClNO2/c1-10-3-4-11(13)12(9-10)16-8-7-15-6-2-5-14/h3-4,9H,2,5-8,14H2,1H3. The SMILES string of the molecule is Cc1ccc(Cl)c(OCCOCCCN)c1. The van der Waals surface area contributed by atoms with Crippen LogP contribution in [-0.4, -0.2) is 26.4 Å². The number of rotatable bonds is 7. The maximum absolute atomic E-state index is 5.98. The highest BCUT2D eigenvalue weighted by molar-refractivity contribution is 6.32. The minimum Gasteiger partial charge on any atom is -0.490 e. The van der Waals surface area contributed by atoms with E-state index in [9.17, 15) is 0 Å². The summed E-state index contributed by atoms with van der Waals surface area (Å²) >= 11 is 5.98. The molecule has 16 heavy (non-hydrogen) atoms. The van der Waals surface area contributed by atoms with Crippen molar-refractivity contribution in [2.45, 2.75) is 13.3 Å². The lowest BCUT2D eigenvalue weighted by Crippen LogP contribution is -2.10. The van der Waals surface area contributed by atoms with Crippen LogP contribution in [0.4, 0.5) is 0 Å². The van der Waals surface area contributed by atoms with Gasteiger partial charge in [0.2, 0.25) is 0 Å². The highest BCUT2D eigenvalue weighted by Gasteiger charge is 2.01. The number of nitrogens with two attached hydrogens (primary N) is 1. The van der Waals surface area contributed by atoms with E-state index in [1.807, 2.05) is 25.1 Å². The van der Waals surface area contributed by atoms with Crippen LogP contribution in [0, 0.1) is 6.92 Å². The van der Waals surface area contributed by atoms with Gasteiger partial charge in [0.25, 0.3) is 0 Å². The molecule has 0 bridgehead atoms. The quantitative estimate of drug-likeness (QED) is 0.748. The first-order valence-electron chi connectivity index (χ1n) is 5.41. The second kappa shape index (κ2) is 7.49. The van der Waals surface area contributed by atoms with E-state index in [0.29, 0.717) is 37.1 Å². The summed E-state index contributed by atoms with van der Waals surface area (Å²) < 4.78 is 10.8. The number of hydrogen-bond donors (Lipinski definition) is 1. The third-order valence-corrected chi connectivity index (χ3v) is 2.38. The molecular weight excluding hydrogens is 226 g/mol. The molecule has 1 aromatic rings. The van der Waals surface area contributed by atoms with Gasteiger partial charge in [-0.05, 0) is 37.6 Å². The number of aryl methyl sites for hydroxylation is 1. The first-order valence-corrected chi connectivity index (χ1v) is 5.78. The Labute approximate surface area is 101 Å². The van der Waals surface area contributed by atoms with Crippen LogP contribution >= 0.6 is 11.6 Å². The molecule has 0 atom stereocenters. The Balaban J connectivity index is 2.23. The number of halogens is 1. The van der Waals surface area contributed by atoms with E-state index >= 15 is 0 Å². The number of hydrogen-bond acceptors (Lipinski definition) is 3. The average Bonchev–Trinajstić information content (AvgIpc) is 2.28. The first-order chi connectivity index (χ1) is 7.74. The Morgan fingerprint density at radius 2 is 2.06 bits per heavy atom. The van der Waals surface area contributed by atoms with E-state index in [2.05, 4.69) is 0 Å². The molecule has 0 unspecified atom stereocenters. The van der Waals surface area contributed by atoms with Crippen molar-refractivity contribution in [2.75, 3.05) is 26.4 Å². The molecular formula is C12H18ClNO2. The lowest BCUT2D eigenvalue weighted by Gasteiger charge is -2.09. The Morgan fingerprint density at radius 3 is 2.81 bits per heavy atom. The van der Waals surface area contributed by atoms with Gasteiger partial charge < -0.3 is 15.2 Å². The summed E-state index contributed by atoms with van der Waals surface area (Å²) in [6.45, 7) is 4.41. The van der Waals surface area contributed by atoms with Gasteiger partial charge in [0.05, 0.1) is 11.6 Å². The topological polar surface area (TPSA) is 44.5 Å². The Hall–Kier alpha value is -0.770. The molecule has 0 heterocycles. The molecule has 0 saturated carbocycles. The van der Waals surface area contributed by atoms with Crippen molar-refractivity contribution < 1.29 is 9.47 Å². The van der Waals surface area contributed by atoms with Gasteiger partial charge in [0.15, 0.2) is 0 Å². The van der Waals surface area contributed by atoms with Crippen LogP contribution in [0.15, 0.2) is 18.2 Å². The minimum absolute atomic E-state index is 0.508. The van der Waals surface area contributed by atoms with Crippen LogP contribution in [0.5, 0.6) is 5.75 Å². The van der Waals surface area contributed by atoms with Crippen molar-refractivity contribution in [3.63, 3.8) is 0 Å². The Kier molecular flexibility index (Phi) is 6.23. The van der Waals surface area contributed by atoms with Crippen molar-refractivity contribution in [2.24, 2.45) is 5.73 Å². The zero-order valence-corrected chi connectivity index (χ0v) is 10.3. The van der Waals surface area contributed by atoms with Crippen molar-refractivity contribution in [1.82, 2.24) is 0 Å². The number of ether oxygens (including phenoxy) is 2. The average molecular weight is 244 g/mol. The molecule has 1 rings (SSSR count). The minimum atomic E-state index is 0.508. The molecule has 0 aromatic heterocycles. The van der Waals surface area contributed by atoms with Crippen LogP contribution < -0.4 is 10.5 Å². The van der Waals surface area contributed by atoms with Crippen molar-refractivity contribution in [3.05, 3.63) is 28.8 Å². The molecule has 0 aliphatic rings. The van der Waals surface area contributed by atoms with E-state index in [4.69, 9.17) is 26.8 Å². The highest BCUT2D eigenvalue weighted by Crippen LogP contribution is 2.24. The molecule has 0 fully saturated rings. The zero-order valence-electron chi connectivity index (χ0n) is 9.54. The summed E-state index contributed by atoms with van der Waals surface area (Å²) in [7, 11) is 0. The van der Waals surface area contributed by atoms with Crippen LogP contribution in [0.2, 0.25) is 5.02 Å². The predicted molar refractivity (Wildman–Crippen MR) is 66.2 cm³/mol. The molecule has 4 heteroatoms. The summed E-state index contributed by atoms with van der Waals surface area (Å²) in [6.07, 6.45) is 0.880. The molecule has 0 aliphatic carbocycles. The first kappa shape index (κ1) is 13.3. The summed E-state index contributed by atoms with van der Waals surface area (Å²) in [4.78, 5) is 0. The Bertz CT molecular complexity index is 318. The van der Waals surface area contributed by atoms with E-state index in [1.165, 1.54) is 0 Å². The monoisotopic (exact) mass is 243 g/mol. The fourth-order valence-electron chi connectivity index (χ4n) is 1.22. The molecule has 2 N–H and O–H groups in total. The number of benzene rings is 1. The smallest absolute Gasteiger partial charge is 0.138 e. The molecule has 90 valence electrons. The van der Waals surface area contributed by atoms with Crippen LogP contribution in [0.1, 0.15) is 12.0 Å². The van der Waals surface area contributed by atoms with Crippen molar-refractivity contribution >= 4 is 11.6 Å². The van der Waals surface area contributed by atoms with Crippen LogP contribution in [0.3, 0.4) is 0 Å². The van der Waals surface area contributed by atoms with Crippen molar-refractivity contribution in [1.29, 1.82) is 0 Å².